The Morgan fingerprint density at radius 1 is 1.09 bits per heavy atom. The summed E-state index contributed by atoms with van der Waals surface area (Å²) in [6.45, 7) is 12.0. The third-order valence-corrected chi connectivity index (χ3v) is 8.76. The molecule has 1 fully saturated rings. The first-order chi connectivity index (χ1) is 21.8. The third-order valence-electron chi connectivity index (χ3n) is 8.76. The monoisotopic (exact) mass is 635 g/mol. The number of aromatic nitrogens is 1. The van der Waals surface area contributed by atoms with Crippen LogP contribution in [0.25, 0.3) is 17.0 Å². The third kappa shape index (κ3) is 8.70. The van der Waals surface area contributed by atoms with Crippen molar-refractivity contribution in [3.8, 4) is 0 Å². The van der Waals surface area contributed by atoms with Crippen molar-refractivity contribution >= 4 is 40.7 Å². The highest BCUT2D eigenvalue weighted by Crippen LogP contribution is 2.25. The van der Waals surface area contributed by atoms with Gasteiger partial charge in [0.15, 0.2) is 0 Å². The second kappa shape index (κ2) is 15.2. The molecule has 0 saturated carbocycles. The fraction of sp³-hybridized carbons (Fsp3) is 0.571. The van der Waals surface area contributed by atoms with E-state index in [2.05, 4.69) is 16.1 Å². The number of rotatable bonds is 6. The number of amides is 3. The topological polar surface area (TPSA) is 139 Å². The number of benzene rings is 1. The summed E-state index contributed by atoms with van der Waals surface area (Å²) in [7, 11) is 1.62. The van der Waals surface area contributed by atoms with Gasteiger partial charge < -0.3 is 20.1 Å². The van der Waals surface area contributed by atoms with Crippen LogP contribution in [0.15, 0.2) is 36.4 Å². The molecule has 0 aliphatic carbocycles. The Hall–Kier alpha value is -3.83. The summed E-state index contributed by atoms with van der Waals surface area (Å²) in [6.07, 6.45) is 5.17. The molecule has 4 unspecified atom stereocenters. The Balaban J connectivity index is 1.71. The number of fused-ring (bicyclic) bond motifs is 4. The smallest absolute Gasteiger partial charge is 0.325 e. The number of nitrogens with zero attached hydrogens (tertiary/aromatic N) is 2. The molecule has 250 valence electrons. The highest BCUT2D eigenvalue weighted by atomic mass is 16.5. The molecule has 0 spiro atoms. The van der Waals surface area contributed by atoms with E-state index in [1.807, 2.05) is 57.2 Å². The largest absolute Gasteiger partial charge is 0.455 e. The molecule has 1 aromatic heterocycles. The lowest BCUT2D eigenvalue weighted by Crippen LogP contribution is -2.62. The van der Waals surface area contributed by atoms with Gasteiger partial charge in [-0.2, -0.15) is 0 Å². The normalized spacial score (nSPS) is 26.0. The summed E-state index contributed by atoms with van der Waals surface area (Å²) < 4.78 is 11.1. The molecule has 11 heteroatoms. The molecular weight excluding hydrogens is 586 g/mol. The second-order valence-corrected chi connectivity index (χ2v) is 13.5. The standard InChI is InChI=1S/C35H49N5O6/c1-21(2)30-31(41)37-29(19-22(3)15-18-45-7)32(42)40-17-8-9-27(39-40)33(43)46-23(4)26-13-12-25-11-10-24(20-28(25)36-26)14-16-35(5,6)34(44)38-30/h10-14,16,20-23,27,29-30,39H,8-9,15,17-19H2,1-7H3,(H,37,41)(H,38,44)/b16-14+/t22?,23-,27?,29?,30?/m1/s1. The number of esters is 1. The second-order valence-electron chi connectivity index (χ2n) is 13.5. The minimum atomic E-state index is -0.949. The maximum Gasteiger partial charge on any atom is 0.325 e. The van der Waals surface area contributed by atoms with E-state index in [0.29, 0.717) is 44.5 Å². The van der Waals surface area contributed by atoms with Gasteiger partial charge in [0.05, 0.1) is 16.6 Å². The lowest BCUT2D eigenvalue weighted by Gasteiger charge is -2.36. The first-order valence-electron chi connectivity index (χ1n) is 16.3. The molecule has 2 aliphatic heterocycles. The number of hydrazine groups is 1. The Bertz CT molecular complexity index is 1460. The first kappa shape index (κ1) is 35.0. The molecule has 11 nitrogen and oxygen atoms in total. The number of pyridine rings is 1. The minimum absolute atomic E-state index is 0.0500. The number of hydrogen-bond donors (Lipinski definition) is 3. The van der Waals surface area contributed by atoms with Crippen LogP contribution in [0.2, 0.25) is 0 Å². The minimum Gasteiger partial charge on any atom is -0.455 e. The van der Waals surface area contributed by atoms with Gasteiger partial charge in [0.25, 0.3) is 5.91 Å². The first-order valence-corrected chi connectivity index (χ1v) is 16.3. The fourth-order valence-corrected chi connectivity index (χ4v) is 5.66. The van der Waals surface area contributed by atoms with E-state index in [4.69, 9.17) is 14.5 Å². The molecule has 0 radical (unpaired) electrons. The molecule has 3 N–H and O–H groups in total. The number of methoxy groups -OCH3 is 1. The van der Waals surface area contributed by atoms with Gasteiger partial charge >= 0.3 is 5.97 Å². The van der Waals surface area contributed by atoms with Gasteiger partial charge in [-0.1, -0.05) is 51.1 Å². The maximum atomic E-state index is 14.0. The van der Waals surface area contributed by atoms with E-state index in [1.54, 1.807) is 34.0 Å². The van der Waals surface area contributed by atoms with Crippen LogP contribution in [-0.2, 0) is 28.7 Å². The number of hydrogen-bond acceptors (Lipinski definition) is 8. The van der Waals surface area contributed by atoms with Gasteiger partial charge in [-0.3, -0.25) is 24.2 Å². The predicted octanol–water partition coefficient (Wildman–Crippen LogP) is 4.08. The van der Waals surface area contributed by atoms with Crippen LogP contribution in [0.4, 0.5) is 0 Å². The molecular formula is C35H49N5O6. The van der Waals surface area contributed by atoms with Crippen molar-refractivity contribution in [2.45, 2.75) is 91.5 Å². The van der Waals surface area contributed by atoms with Gasteiger partial charge in [-0.15, -0.1) is 0 Å². The molecule has 2 aliphatic rings. The molecule has 3 heterocycles. The number of cyclic esters (lactones) is 1. The number of carbonyl (C=O) groups is 4. The van der Waals surface area contributed by atoms with Crippen molar-refractivity contribution in [1.29, 1.82) is 0 Å². The van der Waals surface area contributed by atoms with Gasteiger partial charge in [0.2, 0.25) is 11.8 Å². The van der Waals surface area contributed by atoms with E-state index in [-0.39, 0.29) is 23.7 Å². The van der Waals surface area contributed by atoms with Gasteiger partial charge in [-0.05, 0) is 76.0 Å². The molecule has 2 aromatic rings. The van der Waals surface area contributed by atoms with Crippen molar-refractivity contribution in [2.75, 3.05) is 20.3 Å². The van der Waals surface area contributed by atoms with Gasteiger partial charge in [0.1, 0.15) is 24.2 Å². The van der Waals surface area contributed by atoms with Crippen molar-refractivity contribution in [3.63, 3.8) is 0 Å². The predicted molar refractivity (Wildman–Crippen MR) is 176 cm³/mol. The maximum absolute atomic E-state index is 14.0. The van der Waals surface area contributed by atoms with Crippen LogP contribution in [0.5, 0.6) is 0 Å². The average Bonchev–Trinajstić information content (AvgIpc) is 3.03. The lowest BCUT2D eigenvalue weighted by atomic mass is 9.89. The Morgan fingerprint density at radius 2 is 1.83 bits per heavy atom. The van der Waals surface area contributed by atoms with Crippen molar-refractivity contribution in [3.05, 3.63) is 47.7 Å². The van der Waals surface area contributed by atoms with E-state index < -0.39 is 41.5 Å². The van der Waals surface area contributed by atoms with Crippen LogP contribution in [-0.4, -0.2) is 72.1 Å². The molecule has 46 heavy (non-hydrogen) atoms. The Labute approximate surface area is 271 Å². The summed E-state index contributed by atoms with van der Waals surface area (Å²) >= 11 is 0. The molecule has 4 rings (SSSR count). The highest BCUT2D eigenvalue weighted by molar-refractivity contribution is 5.94. The van der Waals surface area contributed by atoms with Crippen LogP contribution < -0.4 is 16.1 Å². The van der Waals surface area contributed by atoms with Crippen LogP contribution in [0, 0.1) is 17.3 Å². The zero-order valence-electron chi connectivity index (χ0n) is 28.1. The summed E-state index contributed by atoms with van der Waals surface area (Å²) in [5.74, 6) is -1.78. The highest BCUT2D eigenvalue weighted by Gasteiger charge is 2.37. The SMILES string of the molecule is COCCC(C)CC1NC(=O)C(C(C)C)NC(=O)C(C)(C)/C=C/c2ccc3ccc(nc3c2)[C@@H](C)OC(=O)C2CCCN(N2)C1=O. The van der Waals surface area contributed by atoms with Crippen LogP contribution in [0.1, 0.15) is 84.6 Å². The van der Waals surface area contributed by atoms with Crippen LogP contribution in [0.3, 0.4) is 0 Å². The number of carbonyl (C=O) groups excluding carboxylic acids is 4. The van der Waals surface area contributed by atoms with Crippen molar-refractivity contribution < 1.29 is 28.7 Å². The molecule has 1 aromatic carbocycles. The van der Waals surface area contributed by atoms with Gasteiger partial charge in [-0.25, -0.2) is 10.4 Å². The summed E-state index contributed by atoms with van der Waals surface area (Å²) in [5, 5.41) is 8.23. The van der Waals surface area contributed by atoms with E-state index >= 15 is 0 Å². The molecule has 5 atom stereocenters. The zero-order chi connectivity index (χ0) is 33.6. The zero-order valence-corrected chi connectivity index (χ0v) is 28.1. The molecule has 1 saturated heterocycles. The van der Waals surface area contributed by atoms with E-state index in [9.17, 15) is 19.2 Å². The summed E-state index contributed by atoms with van der Waals surface area (Å²) in [4.78, 5) is 59.4. The number of ether oxygens (including phenoxy) is 2. The van der Waals surface area contributed by atoms with Crippen LogP contribution >= 0.6 is 0 Å². The summed E-state index contributed by atoms with van der Waals surface area (Å²) in [6, 6.07) is 7.10. The summed E-state index contributed by atoms with van der Waals surface area (Å²) in [5.41, 5.74) is 4.29. The lowest BCUT2D eigenvalue weighted by molar-refractivity contribution is -0.157. The van der Waals surface area contributed by atoms with Gasteiger partial charge in [0, 0.05) is 25.6 Å². The fourth-order valence-electron chi connectivity index (χ4n) is 5.66. The Morgan fingerprint density at radius 3 is 2.54 bits per heavy atom. The van der Waals surface area contributed by atoms with Crippen molar-refractivity contribution in [2.24, 2.45) is 17.3 Å². The van der Waals surface area contributed by atoms with E-state index in [0.717, 1.165) is 16.5 Å². The quantitative estimate of drug-likeness (QED) is 0.404. The van der Waals surface area contributed by atoms with Crippen molar-refractivity contribution in [1.82, 2.24) is 26.1 Å². The number of nitrogens with one attached hydrogen (secondary N) is 3. The Kier molecular flexibility index (Phi) is 11.6. The molecule has 3 amide bonds. The van der Waals surface area contributed by atoms with E-state index in [1.165, 1.54) is 5.01 Å². The molecule has 5 bridgehead atoms. The average molecular weight is 636 g/mol.